The molecule has 0 saturated carbocycles. The van der Waals surface area contributed by atoms with Crippen LogP contribution in [0.15, 0.2) is 48.5 Å². The second-order valence-corrected chi connectivity index (χ2v) is 7.86. The Labute approximate surface area is 161 Å². The van der Waals surface area contributed by atoms with Gasteiger partial charge in [0.15, 0.2) is 0 Å². The Kier molecular flexibility index (Phi) is 6.23. The molecule has 2 rings (SSSR count). The van der Waals surface area contributed by atoms with E-state index in [9.17, 15) is 26.4 Å². The van der Waals surface area contributed by atoms with E-state index in [1.807, 2.05) is 0 Å². The van der Waals surface area contributed by atoms with Crippen LogP contribution in [0.1, 0.15) is 12.5 Å². The second-order valence-electron chi connectivity index (χ2n) is 6.00. The number of rotatable bonds is 6. The number of carbonyl (C=O) groups is 1. The first kappa shape index (κ1) is 21.5. The molecule has 0 bridgehead atoms. The quantitative estimate of drug-likeness (QED) is 0.782. The van der Waals surface area contributed by atoms with Gasteiger partial charge in [-0.15, -0.1) is 0 Å². The van der Waals surface area contributed by atoms with Crippen molar-refractivity contribution in [2.45, 2.75) is 19.1 Å². The molecule has 0 radical (unpaired) electrons. The van der Waals surface area contributed by atoms with Crippen LogP contribution >= 0.6 is 0 Å². The summed E-state index contributed by atoms with van der Waals surface area (Å²) in [6.07, 6.45) is -3.83. The second kappa shape index (κ2) is 8.09. The van der Waals surface area contributed by atoms with Crippen LogP contribution in [-0.4, -0.2) is 33.7 Å². The van der Waals surface area contributed by atoms with Crippen molar-refractivity contribution in [3.8, 4) is 5.75 Å². The van der Waals surface area contributed by atoms with Crippen molar-refractivity contribution in [2.75, 3.05) is 23.0 Å². The number of benzene rings is 2. The molecule has 0 aliphatic carbocycles. The lowest BCUT2D eigenvalue weighted by Crippen LogP contribution is -2.45. The highest BCUT2D eigenvalue weighted by atomic mass is 32.2. The monoisotopic (exact) mass is 416 g/mol. The fraction of sp³-hybridized carbons (Fsp3) is 0.278. The molecule has 1 N–H and O–H groups in total. The number of hydrogen-bond donors (Lipinski definition) is 1. The molecule has 1 atom stereocenters. The average Bonchev–Trinajstić information content (AvgIpc) is 2.60. The summed E-state index contributed by atoms with van der Waals surface area (Å²) in [7, 11) is -2.60. The molecule has 0 aliphatic rings. The van der Waals surface area contributed by atoms with Crippen molar-refractivity contribution in [3.63, 3.8) is 0 Å². The van der Waals surface area contributed by atoms with E-state index in [2.05, 4.69) is 5.32 Å². The summed E-state index contributed by atoms with van der Waals surface area (Å²) in [4.78, 5) is 12.6. The summed E-state index contributed by atoms with van der Waals surface area (Å²) in [6.45, 7) is 1.29. The summed E-state index contributed by atoms with van der Waals surface area (Å²) in [6, 6.07) is 8.88. The molecule has 2 aromatic carbocycles. The molecule has 6 nitrogen and oxygen atoms in total. The Morgan fingerprint density at radius 1 is 1.14 bits per heavy atom. The SMILES string of the molecule is COc1cccc(NC(=O)[C@@H](C)N(c2cccc(C(F)(F)F)c2)S(C)(=O)=O)c1. The molecule has 152 valence electrons. The topological polar surface area (TPSA) is 75.7 Å². The first-order valence-corrected chi connectivity index (χ1v) is 9.90. The Bertz CT molecular complexity index is 961. The zero-order valence-corrected chi connectivity index (χ0v) is 16.1. The molecule has 0 saturated heterocycles. The van der Waals surface area contributed by atoms with Crippen molar-refractivity contribution in [3.05, 3.63) is 54.1 Å². The number of halogens is 3. The minimum Gasteiger partial charge on any atom is -0.497 e. The van der Waals surface area contributed by atoms with Gasteiger partial charge in [-0.1, -0.05) is 12.1 Å². The number of alkyl halides is 3. The molecule has 0 spiro atoms. The summed E-state index contributed by atoms with van der Waals surface area (Å²) in [5, 5.41) is 2.54. The van der Waals surface area contributed by atoms with Gasteiger partial charge in [0.05, 0.1) is 24.6 Å². The van der Waals surface area contributed by atoms with Gasteiger partial charge in [0.1, 0.15) is 11.8 Å². The number of sulfonamides is 1. The number of amides is 1. The van der Waals surface area contributed by atoms with Crippen molar-refractivity contribution >= 4 is 27.3 Å². The van der Waals surface area contributed by atoms with Gasteiger partial charge in [-0.2, -0.15) is 13.2 Å². The van der Waals surface area contributed by atoms with Crippen LogP contribution < -0.4 is 14.4 Å². The maximum absolute atomic E-state index is 13.0. The van der Waals surface area contributed by atoms with Crippen LogP contribution in [0, 0.1) is 0 Å². The van der Waals surface area contributed by atoms with Crippen LogP contribution in [0.4, 0.5) is 24.5 Å². The number of anilines is 2. The summed E-state index contributed by atoms with van der Waals surface area (Å²) < 4.78 is 69.1. The number of nitrogens with zero attached hydrogens (tertiary/aromatic N) is 1. The van der Waals surface area contributed by atoms with E-state index in [1.54, 1.807) is 18.2 Å². The van der Waals surface area contributed by atoms with Crippen LogP contribution in [0.25, 0.3) is 0 Å². The number of ether oxygens (including phenoxy) is 1. The predicted molar refractivity (Wildman–Crippen MR) is 99.9 cm³/mol. The maximum Gasteiger partial charge on any atom is 0.416 e. The van der Waals surface area contributed by atoms with E-state index in [0.29, 0.717) is 21.8 Å². The van der Waals surface area contributed by atoms with E-state index < -0.39 is 33.7 Å². The molecule has 2 aromatic rings. The largest absolute Gasteiger partial charge is 0.497 e. The third-order valence-corrected chi connectivity index (χ3v) is 5.10. The van der Waals surface area contributed by atoms with E-state index in [1.165, 1.54) is 26.2 Å². The summed E-state index contributed by atoms with van der Waals surface area (Å²) in [5.74, 6) is -0.237. The minimum atomic E-state index is -4.65. The average molecular weight is 416 g/mol. The fourth-order valence-corrected chi connectivity index (χ4v) is 3.74. The first-order chi connectivity index (χ1) is 12.9. The number of methoxy groups -OCH3 is 1. The smallest absolute Gasteiger partial charge is 0.416 e. The molecular weight excluding hydrogens is 397 g/mol. The van der Waals surface area contributed by atoms with Crippen LogP contribution in [-0.2, 0) is 21.0 Å². The lowest BCUT2D eigenvalue weighted by Gasteiger charge is -2.28. The van der Waals surface area contributed by atoms with Gasteiger partial charge in [0, 0.05) is 11.8 Å². The van der Waals surface area contributed by atoms with Gasteiger partial charge in [0.2, 0.25) is 15.9 Å². The standard InChI is InChI=1S/C18H19F3N2O4S/c1-12(17(24)22-14-7-5-9-16(11-14)27-2)23(28(3,25)26)15-8-4-6-13(10-15)18(19,20)21/h4-12H,1-3H3,(H,22,24)/t12-/m1/s1. The first-order valence-electron chi connectivity index (χ1n) is 8.05. The van der Waals surface area contributed by atoms with E-state index in [0.717, 1.165) is 18.4 Å². The minimum absolute atomic E-state index is 0.259. The van der Waals surface area contributed by atoms with Crippen LogP contribution in [0.3, 0.4) is 0 Å². The third kappa shape index (κ3) is 5.16. The Balaban J connectivity index is 2.36. The Morgan fingerprint density at radius 2 is 1.79 bits per heavy atom. The van der Waals surface area contributed by atoms with Crippen molar-refractivity contribution < 1.29 is 31.1 Å². The third-order valence-electron chi connectivity index (χ3n) is 3.85. The van der Waals surface area contributed by atoms with Crippen molar-refractivity contribution in [2.24, 2.45) is 0 Å². The Morgan fingerprint density at radius 3 is 2.36 bits per heavy atom. The molecular formula is C18H19F3N2O4S. The van der Waals surface area contributed by atoms with Gasteiger partial charge in [-0.3, -0.25) is 9.10 Å². The lowest BCUT2D eigenvalue weighted by atomic mass is 10.1. The van der Waals surface area contributed by atoms with Crippen molar-refractivity contribution in [1.29, 1.82) is 0 Å². The molecule has 0 aliphatic heterocycles. The van der Waals surface area contributed by atoms with Gasteiger partial charge in [-0.25, -0.2) is 8.42 Å². The number of hydrogen-bond acceptors (Lipinski definition) is 4. The molecule has 0 aromatic heterocycles. The number of carbonyl (C=O) groups excluding carboxylic acids is 1. The molecule has 0 fully saturated rings. The molecule has 0 unspecified atom stereocenters. The zero-order valence-electron chi connectivity index (χ0n) is 15.3. The molecule has 1 amide bonds. The van der Waals surface area contributed by atoms with Gasteiger partial charge in [-0.05, 0) is 37.3 Å². The normalized spacial score (nSPS) is 12.9. The van der Waals surface area contributed by atoms with Gasteiger partial charge in [0.25, 0.3) is 0 Å². The molecule has 0 heterocycles. The summed E-state index contributed by atoms with van der Waals surface area (Å²) >= 11 is 0. The van der Waals surface area contributed by atoms with Crippen LogP contribution in [0.2, 0.25) is 0 Å². The Hall–Kier alpha value is -2.75. The highest BCUT2D eigenvalue weighted by Crippen LogP contribution is 2.33. The van der Waals surface area contributed by atoms with Gasteiger partial charge >= 0.3 is 6.18 Å². The van der Waals surface area contributed by atoms with E-state index >= 15 is 0 Å². The van der Waals surface area contributed by atoms with Crippen LogP contribution in [0.5, 0.6) is 5.75 Å². The fourth-order valence-electron chi connectivity index (χ4n) is 2.58. The predicted octanol–water partition coefficient (Wildman–Crippen LogP) is 3.51. The molecule has 10 heteroatoms. The van der Waals surface area contributed by atoms with Crippen molar-refractivity contribution in [1.82, 2.24) is 0 Å². The number of nitrogens with one attached hydrogen (secondary N) is 1. The maximum atomic E-state index is 13.0. The van der Waals surface area contributed by atoms with Gasteiger partial charge < -0.3 is 10.1 Å². The highest BCUT2D eigenvalue weighted by Gasteiger charge is 2.34. The molecule has 28 heavy (non-hydrogen) atoms. The lowest BCUT2D eigenvalue weighted by molar-refractivity contribution is -0.137. The summed E-state index contributed by atoms with van der Waals surface area (Å²) in [5.41, 5.74) is -0.918. The van der Waals surface area contributed by atoms with E-state index in [-0.39, 0.29) is 5.69 Å². The highest BCUT2D eigenvalue weighted by molar-refractivity contribution is 7.92. The zero-order chi connectivity index (χ0) is 21.1. The van der Waals surface area contributed by atoms with E-state index in [4.69, 9.17) is 4.74 Å².